The van der Waals surface area contributed by atoms with Crippen molar-refractivity contribution in [2.75, 3.05) is 5.84 Å². The van der Waals surface area contributed by atoms with Crippen LogP contribution in [0.25, 0.3) is 17.0 Å². The fourth-order valence-corrected chi connectivity index (χ4v) is 3.57. The molecule has 1 aromatic carbocycles. The number of fused-ring (bicyclic) bond motifs is 1. The SMILES string of the molecule is Cc1ccn2c(=O)cc(CSc3nnc(-c4ccc(OC(F)F)cc4)n3N)nc2c1. The number of aryl methyl sites for hydroxylation is 1. The molecule has 8 nitrogen and oxygen atoms in total. The van der Waals surface area contributed by atoms with Crippen LogP contribution in [0.1, 0.15) is 11.3 Å². The van der Waals surface area contributed by atoms with Gasteiger partial charge in [-0.05, 0) is 48.9 Å². The van der Waals surface area contributed by atoms with Crippen LogP contribution in [0.4, 0.5) is 8.78 Å². The van der Waals surface area contributed by atoms with Gasteiger partial charge in [-0.25, -0.2) is 9.66 Å². The van der Waals surface area contributed by atoms with Gasteiger partial charge in [-0.15, -0.1) is 10.2 Å². The summed E-state index contributed by atoms with van der Waals surface area (Å²) < 4.78 is 31.6. The van der Waals surface area contributed by atoms with Crippen molar-refractivity contribution >= 4 is 17.4 Å². The summed E-state index contributed by atoms with van der Waals surface area (Å²) in [5.41, 5.74) is 2.59. The van der Waals surface area contributed by atoms with Crippen LogP contribution < -0.4 is 16.1 Å². The highest BCUT2D eigenvalue weighted by Crippen LogP contribution is 2.25. The van der Waals surface area contributed by atoms with Gasteiger partial charge in [0, 0.05) is 23.6 Å². The number of hydrogen-bond acceptors (Lipinski definition) is 7. The molecule has 3 aromatic heterocycles. The van der Waals surface area contributed by atoms with Crippen LogP contribution in [0.5, 0.6) is 5.75 Å². The summed E-state index contributed by atoms with van der Waals surface area (Å²) in [5.74, 6) is 6.86. The highest BCUT2D eigenvalue weighted by molar-refractivity contribution is 7.98. The zero-order valence-electron chi connectivity index (χ0n) is 15.7. The number of aromatic nitrogens is 5. The highest BCUT2D eigenvalue weighted by Gasteiger charge is 2.14. The molecular weight excluding hydrogens is 414 g/mol. The Morgan fingerprint density at radius 3 is 2.67 bits per heavy atom. The first kappa shape index (κ1) is 19.8. The molecule has 0 unspecified atom stereocenters. The van der Waals surface area contributed by atoms with Crippen LogP contribution in [0.3, 0.4) is 0 Å². The first-order valence-electron chi connectivity index (χ1n) is 8.78. The van der Waals surface area contributed by atoms with Crippen LogP contribution in [0.15, 0.2) is 58.6 Å². The summed E-state index contributed by atoms with van der Waals surface area (Å²) in [4.78, 5) is 16.8. The lowest BCUT2D eigenvalue weighted by Gasteiger charge is -2.07. The van der Waals surface area contributed by atoms with Gasteiger partial charge in [0.2, 0.25) is 5.16 Å². The lowest BCUT2D eigenvalue weighted by atomic mass is 10.2. The van der Waals surface area contributed by atoms with Crippen molar-refractivity contribution in [3.63, 3.8) is 0 Å². The number of thioether (sulfide) groups is 1. The third-order valence-electron chi connectivity index (χ3n) is 4.23. The van der Waals surface area contributed by atoms with Crippen LogP contribution in [0.2, 0.25) is 0 Å². The molecule has 154 valence electrons. The summed E-state index contributed by atoms with van der Waals surface area (Å²) in [6.07, 6.45) is 1.69. The third kappa shape index (κ3) is 4.10. The largest absolute Gasteiger partial charge is 0.435 e. The summed E-state index contributed by atoms with van der Waals surface area (Å²) in [6, 6.07) is 11.1. The molecule has 0 aliphatic carbocycles. The van der Waals surface area contributed by atoms with Gasteiger partial charge in [0.25, 0.3) is 5.56 Å². The van der Waals surface area contributed by atoms with Gasteiger partial charge in [0.1, 0.15) is 11.4 Å². The minimum Gasteiger partial charge on any atom is -0.435 e. The maximum atomic E-state index is 12.3. The fraction of sp³-hybridized carbons (Fsp3) is 0.158. The van der Waals surface area contributed by atoms with E-state index in [-0.39, 0.29) is 11.3 Å². The van der Waals surface area contributed by atoms with Crippen LogP contribution >= 0.6 is 11.8 Å². The Labute approximate surface area is 173 Å². The number of rotatable bonds is 6. The number of pyridine rings is 1. The Morgan fingerprint density at radius 2 is 1.93 bits per heavy atom. The minimum atomic E-state index is -2.89. The van der Waals surface area contributed by atoms with Crippen LogP contribution in [-0.4, -0.2) is 30.9 Å². The lowest BCUT2D eigenvalue weighted by Crippen LogP contribution is -2.15. The molecule has 0 atom stereocenters. The van der Waals surface area contributed by atoms with Crippen molar-refractivity contribution in [1.82, 2.24) is 24.3 Å². The van der Waals surface area contributed by atoms with Crippen LogP contribution in [0, 0.1) is 6.92 Å². The smallest absolute Gasteiger partial charge is 0.387 e. The van der Waals surface area contributed by atoms with Crippen molar-refractivity contribution in [1.29, 1.82) is 0 Å². The van der Waals surface area contributed by atoms with Crippen LogP contribution in [-0.2, 0) is 5.75 Å². The Hall–Kier alpha value is -3.47. The first-order chi connectivity index (χ1) is 14.4. The zero-order chi connectivity index (χ0) is 21.3. The monoisotopic (exact) mass is 430 g/mol. The summed E-state index contributed by atoms with van der Waals surface area (Å²) in [6.45, 7) is -0.962. The molecule has 0 saturated carbocycles. The van der Waals surface area contributed by atoms with E-state index in [4.69, 9.17) is 5.84 Å². The van der Waals surface area contributed by atoms with Gasteiger partial charge < -0.3 is 10.6 Å². The second-order valence-electron chi connectivity index (χ2n) is 6.39. The average molecular weight is 430 g/mol. The van der Waals surface area contributed by atoms with E-state index in [0.29, 0.717) is 33.6 Å². The molecule has 0 radical (unpaired) electrons. The fourth-order valence-electron chi connectivity index (χ4n) is 2.82. The number of nitrogens with two attached hydrogens (primary N) is 1. The first-order valence-corrected chi connectivity index (χ1v) is 9.77. The number of halogens is 2. The van der Waals surface area contributed by atoms with E-state index in [1.54, 1.807) is 18.3 Å². The van der Waals surface area contributed by atoms with E-state index >= 15 is 0 Å². The van der Waals surface area contributed by atoms with E-state index in [9.17, 15) is 13.6 Å². The zero-order valence-corrected chi connectivity index (χ0v) is 16.5. The summed E-state index contributed by atoms with van der Waals surface area (Å²) in [7, 11) is 0. The van der Waals surface area contributed by atoms with E-state index in [1.807, 2.05) is 19.1 Å². The molecular formula is C19H16F2N6O2S. The predicted octanol–water partition coefficient (Wildman–Crippen LogP) is 2.87. The normalized spacial score (nSPS) is 11.3. The molecule has 4 aromatic rings. The number of benzene rings is 1. The molecule has 0 fully saturated rings. The maximum Gasteiger partial charge on any atom is 0.387 e. The molecule has 4 rings (SSSR count). The lowest BCUT2D eigenvalue weighted by molar-refractivity contribution is -0.0498. The van der Waals surface area contributed by atoms with Gasteiger partial charge in [0.05, 0.1) is 5.69 Å². The Kier molecular flexibility index (Phi) is 5.36. The van der Waals surface area contributed by atoms with Crippen molar-refractivity contribution in [2.24, 2.45) is 0 Å². The Bertz CT molecular complexity index is 1260. The highest BCUT2D eigenvalue weighted by atomic mass is 32.2. The number of hydrogen-bond donors (Lipinski definition) is 1. The molecule has 0 spiro atoms. The maximum absolute atomic E-state index is 12.3. The van der Waals surface area contributed by atoms with E-state index < -0.39 is 6.61 Å². The van der Waals surface area contributed by atoms with E-state index in [2.05, 4.69) is 19.9 Å². The molecule has 0 bridgehead atoms. The van der Waals surface area contributed by atoms with Gasteiger partial charge in [-0.3, -0.25) is 9.20 Å². The third-order valence-corrected chi connectivity index (χ3v) is 5.20. The van der Waals surface area contributed by atoms with Crippen molar-refractivity contribution in [2.45, 2.75) is 24.4 Å². The van der Waals surface area contributed by atoms with Gasteiger partial charge >= 0.3 is 6.61 Å². The van der Waals surface area contributed by atoms with Gasteiger partial charge in [-0.1, -0.05) is 11.8 Å². The number of nitrogens with zero attached hydrogens (tertiary/aromatic N) is 5. The summed E-state index contributed by atoms with van der Waals surface area (Å²) >= 11 is 1.28. The molecule has 0 aliphatic heterocycles. The topological polar surface area (TPSA) is 100 Å². The molecule has 11 heteroatoms. The second kappa shape index (κ2) is 8.11. The number of ether oxygens (including phenoxy) is 1. The molecule has 0 amide bonds. The van der Waals surface area contributed by atoms with Crippen molar-refractivity contribution < 1.29 is 13.5 Å². The van der Waals surface area contributed by atoms with E-state index in [1.165, 1.54) is 39.0 Å². The second-order valence-corrected chi connectivity index (χ2v) is 7.33. The van der Waals surface area contributed by atoms with Gasteiger partial charge in [0.15, 0.2) is 5.82 Å². The number of nitrogen functional groups attached to an aromatic ring is 1. The summed E-state index contributed by atoms with van der Waals surface area (Å²) in [5, 5.41) is 8.55. The van der Waals surface area contributed by atoms with E-state index in [0.717, 1.165) is 5.56 Å². The molecule has 3 heterocycles. The molecule has 30 heavy (non-hydrogen) atoms. The molecule has 0 saturated heterocycles. The Balaban J connectivity index is 1.52. The van der Waals surface area contributed by atoms with Crippen molar-refractivity contribution in [3.8, 4) is 17.1 Å². The molecule has 2 N–H and O–H groups in total. The number of alkyl halides is 2. The predicted molar refractivity (Wildman–Crippen MR) is 108 cm³/mol. The quantitative estimate of drug-likeness (QED) is 0.371. The molecule has 0 aliphatic rings. The van der Waals surface area contributed by atoms with Gasteiger partial charge in [-0.2, -0.15) is 8.78 Å². The van der Waals surface area contributed by atoms with Crippen molar-refractivity contribution in [3.05, 3.63) is 70.3 Å². The average Bonchev–Trinajstić information content (AvgIpc) is 3.06. The standard InChI is InChI=1S/C19H16F2N6O2S/c1-11-6-7-26-15(8-11)23-13(9-16(26)28)10-30-19-25-24-17(27(19)22)12-2-4-14(5-3-12)29-18(20)21/h2-9,18H,10,22H2,1H3. The Morgan fingerprint density at radius 1 is 1.17 bits per heavy atom. The minimum absolute atomic E-state index is 0.0373.